The number of ether oxygens (including phenoxy) is 3. The number of hydrogen-bond donors (Lipinski definition) is 1. The van der Waals surface area contributed by atoms with Gasteiger partial charge in [-0.25, -0.2) is 0 Å². The van der Waals surface area contributed by atoms with E-state index < -0.39 is 11.8 Å². The molecule has 0 unspecified atom stereocenters. The molecular weight excluding hydrogens is 488 g/mol. The van der Waals surface area contributed by atoms with E-state index in [9.17, 15) is 14.4 Å². The van der Waals surface area contributed by atoms with Gasteiger partial charge in [0.15, 0.2) is 0 Å². The summed E-state index contributed by atoms with van der Waals surface area (Å²) in [4.78, 5) is 45.5. The SMILES string of the molecule is COc1ccc(C(=O)N2CCC3(CC2)OC[C@H](C(=O)NCCN(C)C)N3C(=O)c2ccc(OC)cc2)cc1. The molecule has 1 N–H and O–H groups in total. The molecule has 1 atom stereocenters. The van der Waals surface area contributed by atoms with E-state index in [1.54, 1.807) is 72.6 Å². The highest BCUT2D eigenvalue weighted by Crippen LogP contribution is 2.39. The lowest BCUT2D eigenvalue weighted by Crippen LogP contribution is -2.60. The van der Waals surface area contributed by atoms with Gasteiger partial charge in [-0.2, -0.15) is 0 Å². The lowest BCUT2D eigenvalue weighted by Gasteiger charge is -2.44. The first-order valence-corrected chi connectivity index (χ1v) is 12.8. The van der Waals surface area contributed by atoms with E-state index in [-0.39, 0.29) is 24.3 Å². The van der Waals surface area contributed by atoms with E-state index in [4.69, 9.17) is 14.2 Å². The van der Waals surface area contributed by atoms with E-state index in [0.717, 1.165) is 0 Å². The number of carbonyl (C=O) groups excluding carboxylic acids is 3. The van der Waals surface area contributed by atoms with Crippen LogP contribution in [-0.4, -0.2) is 105 Å². The molecular formula is C28H36N4O6. The van der Waals surface area contributed by atoms with Crippen LogP contribution in [0.5, 0.6) is 11.5 Å². The van der Waals surface area contributed by atoms with Crippen molar-refractivity contribution < 1.29 is 28.6 Å². The van der Waals surface area contributed by atoms with Gasteiger partial charge in [0.05, 0.1) is 20.8 Å². The molecule has 0 bridgehead atoms. The predicted octanol–water partition coefficient (Wildman–Crippen LogP) is 1.86. The normalized spacial score (nSPS) is 18.5. The molecule has 0 radical (unpaired) electrons. The third-order valence-corrected chi connectivity index (χ3v) is 7.15. The van der Waals surface area contributed by atoms with Gasteiger partial charge < -0.3 is 29.3 Å². The fourth-order valence-electron chi connectivity index (χ4n) is 4.94. The van der Waals surface area contributed by atoms with Gasteiger partial charge in [0, 0.05) is 50.1 Å². The average Bonchev–Trinajstić information content (AvgIpc) is 3.31. The fourth-order valence-corrected chi connectivity index (χ4v) is 4.94. The maximum absolute atomic E-state index is 13.8. The van der Waals surface area contributed by atoms with Gasteiger partial charge in [-0.15, -0.1) is 0 Å². The third-order valence-electron chi connectivity index (χ3n) is 7.15. The quantitative estimate of drug-likeness (QED) is 0.563. The van der Waals surface area contributed by atoms with Crippen LogP contribution in [0.15, 0.2) is 48.5 Å². The standard InChI is InChI=1S/C28H36N4O6/c1-30(2)18-15-29-25(33)24-19-38-28(32(24)27(35)21-7-11-23(37-4)12-8-21)13-16-31(17-14-28)26(34)20-5-9-22(36-3)10-6-20/h5-12,24H,13-19H2,1-4H3,(H,29,33)/t24-/m1/s1. The Morgan fingerprint density at radius 2 is 1.45 bits per heavy atom. The molecule has 0 aromatic heterocycles. The molecule has 204 valence electrons. The van der Waals surface area contributed by atoms with Crippen LogP contribution in [0.25, 0.3) is 0 Å². The first kappa shape index (κ1) is 27.4. The Kier molecular flexibility index (Phi) is 8.53. The Morgan fingerprint density at radius 3 is 1.95 bits per heavy atom. The van der Waals surface area contributed by atoms with Crippen molar-refractivity contribution in [3.8, 4) is 11.5 Å². The molecule has 2 fully saturated rings. The molecule has 2 saturated heterocycles. The summed E-state index contributed by atoms with van der Waals surface area (Å²) < 4.78 is 16.7. The zero-order chi connectivity index (χ0) is 27.3. The highest BCUT2D eigenvalue weighted by molar-refractivity contribution is 5.99. The number of hydrogen-bond acceptors (Lipinski definition) is 7. The largest absolute Gasteiger partial charge is 0.497 e. The Bertz CT molecular complexity index is 1130. The number of methoxy groups -OCH3 is 2. The van der Waals surface area contributed by atoms with E-state index >= 15 is 0 Å². The van der Waals surface area contributed by atoms with Crippen molar-refractivity contribution in [3.63, 3.8) is 0 Å². The van der Waals surface area contributed by atoms with Crippen LogP contribution in [0.2, 0.25) is 0 Å². The Hall–Kier alpha value is -3.63. The second-order valence-electron chi connectivity index (χ2n) is 9.79. The van der Waals surface area contributed by atoms with Crippen LogP contribution in [0.3, 0.4) is 0 Å². The molecule has 0 saturated carbocycles. The highest BCUT2D eigenvalue weighted by atomic mass is 16.5. The lowest BCUT2D eigenvalue weighted by atomic mass is 9.96. The van der Waals surface area contributed by atoms with Gasteiger partial charge in [-0.05, 0) is 62.6 Å². The number of likely N-dealkylation sites (tertiary alicyclic amines) is 1. The van der Waals surface area contributed by atoms with E-state index in [0.29, 0.717) is 61.6 Å². The molecule has 1 spiro atoms. The zero-order valence-corrected chi connectivity index (χ0v) is 22.4. The van der Waals surface area contributed by atoms with Crippen LogP contribution in [-0.2, 0) is 9.53 Å². The molecule has 2 heterocycles. The highest BCUT2D eigenvalue weighted by Gasteiger charge is 2.54. The van der Waals surface area contributed by atoms with E-state index in [2.05, 4.69) is 5.32 Å². The molecule has 2 aromatic rings. The first-order valence-electron chi connectivity index (χ1n) is 12.8. The summed E-state index contributed by atoms with van der Waals surface area (Å²) in [5, 5.41) is 2.94. The van der Waals surface area contributed by atoms with Gasteiger partial charge in [-0.3, -0.25) is 19.3 Å². The Balaban J connectivity index is 1.53. The monoisotopic (exact) mass is 524 g/mol. The second-order valence-corrected chi connectivity index (χ2v) is 9.79. The van der Waals surface area contributed by atoms with Crippen molar-refractivity contribution in [2.45, 2.75) is 24.6 Å². The second kappa shape index (κ2) is 11.8. The lowest BCUT2D eigenvalue weighted by molar-refractivity contribution is -0.128. The van der Waals surface area contributed by atoms with Crippen molar-refractivity contribution in [1.82, 2.24) is 20.0 Å². The van der Waals surface area contributed by atoms with Crippen molar-refractivity contribution >= 4 is 17.7 Å². The number of rotatable bonds is 8. The van der Waals surface area contributed by atoms with Gasteiger partial charge >= 0.3 is 0 Å². The first-order chi connectivity index (χ1) is 18.3. The molecule has 10 heteroatoms. The third kappa shape index (κ3) is 5.76. The summed E-state index contributed by atoms with van der Waals surface area (Å²) in [5.74, 6) is 0.694. The minimum absolute atomic E-state index is 0.0912. The van der Waals surface area contributed by atoms with Crippen molar-refractivity contribution in [2.24, 2.45) is 0 Å². The Morgan fingerprint density at radius 1 is 0.921 bits per heavy atom. The van der Waals surface area contributed by atoms with Gasteiger partial charge in [0.1, 0.15) is 23.3 Å². The van der Waals surface area contributed by atoms with Crippen molar-refractivity contribution in [2.75, 3.05) is 61.1 Å². The predicted molar refractivity (Wildman–Crippen MR) is 141 cm³/mol. The summed E-state index contributed by atoms with van der Waals surface area (Å²) in [7, 11) is 7.01. The van der Waals surface area contributed by atoms with Crippen LogP contribution < -0.4 is 14.8 Å². The molecule has 38 heavy (non-hydrogen) atoms. The fraction of sp³-hybridized carbons (Fsp3) is 0.464. The number of likely N-dealkylation sites (N-methyl/N-ethyl adjacent to an activating group) is 1. The summed E-state index contributed by atoms with van der Waals surface area (Å²) in [6.07, 6.45) is 0.802. The van der Waals surface area contributed by atoms with Crippen LogP contribution in [0.4, 0.5) is 0 Å². The number of nitrogens with zero attached hydrogens (tertiary/aromatic N) is 3. The number of piperidine rings is 1. The van der Waals surface area contributed by atoms with Crippen LogP contribution in [0, 0.1) is 0 Å². The summed E-state index contributed by atoms with van der Waals surface area (Å²) in [6.45, 7) is 2.03. The van der Waals surface area contributed by atoms with Gasteiger partial charge in [0.2, 0.25) is 5.91 Å². The van der Waals surface area contributed by atoms with E-state index in [1.807, 2.05) is 19.0 Å². The average molecular weight is 525 g/mol. The molecule has 3 amide bonds. The molecule has 2 aromatic carbocycles. The van der Waals surface area contributed by atoms with E-state index in [1.165, 1.54) is 0 Å². The molecule has 10 nitrogen and oxygen atoms in total. The van der Waals surface area contributed by atoms with Gasteiger partial charge in [-0.1, -0.05) is 0 Å². The summed E-state index contributed by atoms with van der Waals surface area (Å²) in [6, 6.07) is 13.1. The zero-order valence-electron chi connectivity index (χ0n) is 22.4. The molecule has 4 rings (SSSR count). The number of carbonyl (C=O) groups is 3. The minimum Gasteiger partial charge on any atom is -0.497 e. The van der Waals surface area contributed by atoms with Gasteiger partial charge in [0.25, 0.3) is 11.8 Å². The number of nitrogens with one attached hydrogen (secondary N) is 1. The number of benzene rings is 2. The Labute approximate surface area is 223 Å². The molecule has 0 aliphatic carbocycles. The van der Waals surface area contributed by atoms with Crippen molar-refractivity contribution in [3.05, 3.63) is 59.7 Å². The molecule has 2 aliphatic heterocycles. The maximum atomic E-state index is 13.8. The minimum atomic E-state index is -0.975. The number of amides is 3. The smallest absolute Gasteiger partial charge is 0.256 e. The maximum Gasteiger partial charge on any atom is 0.256 e. The topological polar surface area (TPSA) is 101 Å². The van der Waals surface area contributed by atoms with Crippen molar-refractivity contribution in [1.29, 1.82) is 0 Å². The summed E-state index contributed by atoms with van der Waals surface area (Å²) >= 11 is 0. The van der Waals surface area contributed by atoms with Crippen LogP contribution in [0.1, 0.15) is 33.6 Å². The summed E-state index contributed by atoms with van der Waals surface area (Å²) in [5.41, 5.74) is 0.0361. The van der Waals surface area contributed by atoms with Crippen LogP contribution >= 0.6 is 0 Å². The molecule has 2 aliphatic rings.